The third kappa shape index (κ3) is 4.83. The number of likely N-dealkylation sites (tertiary alicyclic amines) is 1. The first kappa shape index (κ1) is 21.2. The summed E-state index contributed by atoms with van der Waals surface area (Å²) in [5.41, 5.74) is 1.60. The third-order valence-corrected chi connectivity index (χ3v) is 7.15. The zero-order chi connectivity index (χ0) is 21.1. The fourth-order valence-electron chi connectivity index (χ4n) is 5.24. The number of amides is 2. The van der Waals surface area contributed by atoms with E-state index >= 15 is 0 Å². The first-order chi connectivity index (χ1) is 14.4. The molecule has 2 N–H and O–H groups in total. The molecule has 1 aromatic heterocycles. The smallest absolute Gasteiger partial charge is 0.254 e. The van der Waals surface area contributed by atoms with Crippen molar-refractivity contribution in [1.29, 1.82) is 0 Å². The summed E-state index contributed by atoms with van der Waals surface area (Å²) in [6.07, 6.45) is 9.84. The van der Waals surface area contributed by atoms with Crippen molar-refractivity contribution in [3.63, 3.8) is 0 Å². The van der Waals surface area contributed by atoms with E-state index in [-0.39, 0.29) is 49.7 Å². The number of alkyl halides is 2. The monoisotopic (exact) mass is 422 g/mol. The van der Waals surface area contributed by atoms with Gasteiger partial charge in [-0.3, -0.25) is 14.7 Å². The number of hydrogen-bond acceptors (Lipinski definition) is 3. The van der Waals surface area contributed by atoms with Crippen LogP contribution in [0.2, 0.25) is 0 Å². The predicted molar refractivity (Wildman–Crippen MR) is 108 cm³/mol. The van der Waals surface area contributed by atoms with E-state index in [2.05, 4.69) is 15.5 Å². The Morgan fingerprint density at radius 2 is 1.70 bits per heavy atom. The van der Waals surface area contributed by atoms with Crippen molar-refractivity contribution >= 4 is 11.8 Å². The highest BCUT2D eigenvalue weighted by atomic mass is 19.3. The van der Waals surface area contributed by atoms with Gasteiger partial charge in [-0.05, 0) is 38.5 Å². The van der Waals surface area contributed by atoms with Crippen LogP contribution in [0.5, 0.6) is 0 Å². The molecule has 3 aliphatic rings. The molecule has 6 nitrogen and oxygen atoms in total. The number of piperidine rings is 1. The standard InChI is InChI=1S/C22H32F2N4O2/c23-22(24)10-12-28(13-11-22)21(30)16-6-8-17(9-7-16)26-20(29)18-14-25-27-19(18)15-4-2-1-3-5-15/h14-17H,1-13H2,(H,25,27)(H,26,29). The van der Waals surface area contributed by atoms with Crippen LogP contribution < -0.4 is 5.32 Å². The molecule has 0 spiro atoms. The summed E-state index contributed by atoms with van der Waals surface area (Å²) in [7, 11) is 0. The minimum Gasteiger partial charge on any atom is -0.349 e. The minimum atomic E-state index is -2.64. The molecule has 0 atom stereocenters. The Balaban J connectivity index is 1.27. The van der Waals surface area contributed by atoms with Crippen LogP contribution in [-0.2, 0) is 4.79 Å². The number of nitrogens with zero attached hydrogens (tertiary/aromatic N) is 2. The first-order valence-electron chi connectivity index (χ1n) is 11.4. The van der Waals surface area contributed by atoms with Crippen LogP contribution in [0.1, 0.15) is 92.6 Å². The zero-order valence-electron chi connectivity index (χ0n) is 17.5. The van der Waals surface area contributed by atoms with Gasteiger partial charge in [-0.15, -0.1) is 0 Å². The highest BCUT2D eigenvalue weighted by Crippen LogP contribution is 2.34. The van der Waals surface area contributed by atoms with Crippen LogP contribution in [0.25, 0.3) is 0 Å². The first-order valence-corrected chi connectivity index (χ1v) is 11.4. The normalized spacial score (nSPS) is 27.6. The molecule has 3 fully saturated rings. The van der Waals surface area contributed by atoms with Gasteiger partial charge in [0.05, 0.1) is 17.5 Å². The SMILES string of the molecule is O=C(NC1CCC(C(=O)N2CCC(F)(F)CC2)CC1)c1cn[nH]c1C1CCCCC1. The van der Waals surface area contributed by atoms with Crippen molar-refractivity contribution in [3.8, 4) is 0 Å². The molecule has 0 bridgehead atoms. The maximum Gasteiger partial charge on any atom is 0.254 e. The van der Waals surface area contributed by atoms with E-state index in [0.29, 0.717) is 24.3 Å². The van der Waals surface area contributed by atoms with E-state index in [4.69, 9.17) is 0 Å². The molecule has 1 aliphatic heterocycles. The quantitative estimate of drug-likeness (QED) is 0.770. The number of aromatic nitrogens is 2. The van der Waals surface area contributed by atoms with Crippen LogP contribution in [0, 0.1) is 5.92 Å². The van der Waals surface area contributed by atoms with Gasteiger partial charge in [0.25, 0.3) is 11.8 Å². The summed E-state index contributed by atoms with van der Waals surface area (Å²) < 4.78 is 26.7. The summed E-state index contributed by atoms with van der Waals surface area (Å²) in [6, 6.07) is 0.0429. The van der Waals surface area contributed by atoms with E-state index in [0.717, 1.165) is 31.4 Å². The maximum atomic E-state index is 13.3. The molecule has 0 unspecified atom stereocenters. The second kappa shape index (κ2) is 9.02. The number of H-pyrrole nitrogens is 1. The average molecular weight is 423 g/mol. The van der Waals surface area contributed by atoms with Crippen molar-refractivity contribution in [3.05, 3.63) is 17.5 Å². The zero-order valence-corrected chi connectivity index (χ0v) is 17.5. The Morgan fingerprint density at radius 3 is 2.37 bits per heavy atom. The molecule has 166 valence electrons. The summed E-state index contributed by atoms with van der Waals surface area (Å²) >= 11 is 0. The number of carbonyl (C=O) groups excluding carboxylic acids is 2. The fraction of sp³-hybridized carbons (Fsp3) is 0.773. The van der Waals surface area contributed by atoms with Gasteiger partial charge in [-0.25, -0.2) is 8.78 Å². The van der Waals surface area contributed by atoms with E-state index < -0.39 is 5.92 Å². The lowest BCUT2D eigenvalue weighted by atomic mass is 9.84. The number of aromatic amines is 1. The summed E-state index contributed by atoms with van der Waals surface area (Å²) in [4.78, 5) is 27.1. The van der Waals surface area contributed by atoms with Gasteiger partial charge in [0.15, 0.2) is 0 Å². The lowest BCUT2D eigenvalue weighted by Crippen LogP contribution is -2.47. The number of rotatable bonds is 4. The predicted octanol–water partition coefficient (Wildman–Crippen LogP) is 4.00. The van der Waals surface area contributed by atoms with Gasteiger partial charge in [0, 0.05) is 43.8 Å². The van der Waals surface area contributed by atoms with Gasteiger partial charge >= 0.3 is 0 Å². The van der Waals surface area contributed by atoms with Crippen molar-refractivity contribution in [1.82, 2.24) is 20.4 Å². The molecule has 2 amide bonds. The molecule has 2 heterocycles. The summed E-state index contributed by atoms with van der Waals surface area (Å²) in [6.45, 7) is 0.292. The largest absolute Gasteiger partial charge is 0.349 e. The summed E-state index contributed by atoms with van der Waals surface area (Å²) in [5, 5.41) is 10.3. The van der Waals surface area contributed by atoms with E-state index in [1.54, 1.807) is 11.1 Å². The van der Waals surface area contributed by atoms with Gasteiger partial charge in [0.1, 0.15) is 0 Å². The number of halogens is 2. The number of carbonyl (C=O) groups is 2. The highest BCUT2D eigenvalue weighted by molar-refractivity contribution is 5.95. The Kier molecular flexibility index (Phi) is 6.39. The van der Waals surface area contributed by atoms with Crippen LogP contribution in [0.15, 0.2) is 6.20 Å². The van der Waals surface area contributed by atoms with Crippen LogP contribution in [0.4, 0.5) is 8.78 Å². The second-order valence-electron chi connectivity index (χ2n) is 9.24. The van der Waals surface area contributed by atoms with E-state index in [9.17, 15) is 18.4 Å². The van der Waals surface area contributed by atoms with Crippen molar-refractivity contribution < 1.29 is 18.4 Å². The molecule has 4 rings (SSSR count). The second-order valence-corrected chi connectivity index (χ2v) is 9.24. The molecule has 8 heteroatoms. The molecular formula is C22H32F2N4O2. The van der Waals surface area contributed by atoms with Crippen molar-refractivity contribution in [2.75, 3.05) is 13.1 Å². The lowest BCUT2D eigenvalue weighted by molar-refractivity contribution is -0.142. The van der Waals surface area contributed by atoms with Crippen LogP contribution in [0.3, 0.4) is 0 Å². The van der Waals surface area contributed by atoms with Gasteiger partial charge in [-0.2, -0.15) is 5.10 Å². The molecule has 2 saturated carbocycles. The third-order valence-electron chi connectivity index (χ3n) is 7.15. The topological polar surface area (TPSA) is 78.1 Å². The molecule has 1 saturated heterocycles. The highest BCUT2D eigenvalue weighted by Gasteiger charge is 2.38. The Morgan fingerprint density at radius 1 is 1.03 bits per heavy atom. The van der Waals surface area contributed by atoms with Gasteiger partial charge in [0.2, 0.25) is 5.91 Å². The Bertz CT molecular complexity index is 742. The molecule has 30 heavy (non-hydrogen) atoms. The molecule has 0 radical (unpaired) electrons. The van der Waals surface area contributed by atoms with Crippen molar-refractivity contribution in [2.24, 2.45) is 5.92 Å². The minimum absolute atomic E-state index is 0.00435. The van der Waals surface area contributed by atoms with Crippen LogP contribution >= 0.6 is 0 Å². The molecular weight excluding hydrogens is 390 g/mol. The van der Waals surface area contributed by atoms with E-state index in [1.165, 1.54) is 19.3 Å². The fourth-order valence-corrected chi connectivity index (χ4v) is 5.24. The number of hydrogen-bond donors (Lipinski definition) is 2. The lowest BCUT2D eigenvalue weighted by Gasteiger charge is -2.36. The average Bonchev–Trinajstić information content (AvgIpc) is 3.25. The van der Waals surface area contributed by atoms with Gasteiger partial charge in [-0.1, -0.05) is 19.3 Å². The van der Waals surface area contributed by atoms with Gasteiger partial charge < -0.3 is 10.2 Å². The number of nitrogens with one attached hydrogen (secondary N) is 2. The van der Waals surface area contributed by atoms with E-state index in [1.807, 2.05) is 0 Å². The van der Waals surface area contributed by atoms with Crippen molar-refractivity contribution in [2.45, 2.75) is 88.5 Å². The molecule has 0 aromatic carbocycles. The Hall–Kier alpha value is -1.99. The maximum absolute atomic E-state index is 13.3. The van der Waals surface area contributed by atoms with Crippen LogP contribution in [-0.4, -0.2) is 52.0 Å². The molecule has 1 aromatic rings. The molecule has 2 aliphatic carbocycles. The summed E-state index contributed by atoms with van der Waals surface area (Å²) in [5.74, 6) is -2.45. The Labute approximate surface area is 176 Å².